The van der Waals surface area contributed by atoms with Crippen LogP contribution in [-0.2, 0) is 0 Å². The molecule has 0 aromatic carbocycles. The van der Waals surface area contributed by atoms with Gasteiger partial charge in [0.05, 0.1) is 0 Å². The van der Waals surface area contributed by atoms with Gasteiger partial charge in [0.25, 0.3) is 0 Å². The minimum atomic E-state index is 0.579. The first-order valence-corrected chi connectivity index (χ1v) is 9.64. The van der Waals surface area contributed by atoms with E-state index in [2.05, 4.69) is 27.4 Å². The first-order valence-electron chi connectivity index (χ1n) is 9.64. The van der Waals surface area contributed by atoms with Gasteiger partial charge in [-0.05, 0) is 85.4 Å². The lowest BCUT2D eigenvalue weighted by Crippen LogP contribution is -2.53. The van der Waals surface area contributed by atoms with Gasteiger partial charge in [0.2, 0.25) is 0 Å². The molecule has 0 spiro atoms. The number of fused-ring (bicyclic) bond motifs is 5. The molecule has 4 aliphatic carbocycles. The molecule has 0 heterocycles. The third kappa shape index (κ3) is 1.80. The minimum absolute atomic E-state index is 0.579. The first-order chi connectivity index (χ1) is 9.97. The normalized spacial score (nSPS) is 56.5. The maximum Gasteiger partial charge on any atom is -0.0118 e. The van der Waals surface area contributed by atoms with Crippen LogP contribution in [0.2, 0.25) is 0 Å². The summed E-state index contributed by atoms with van der Waals surface area (Å²) in [6, 6.07) is 0. The van der Waals surface area contributed by atoms with Gasteiger partial charge in [-0.3, -0.25) is 0 Å². The lowest BCUT2D eigenvalue weighted by Gasteiger charge is -2.61. The Labute approximate surface area is 131 Å². The molecule has 0 N–H and O–H groups in total. The number of hydrogen-bond donors (Lipinski definition) is 0. The largest absolute Gasteiger partial charge is 0.0995 e. The van der Waals surface area contributed by atoms with Crippen molar-refractivity contribution in [3.63, 3.8) is 0 Å². The van der Waals surface area contributed by atoms with E-state index in [1.165, 1.54) is 57.8 Å². The topological polar surface area (TPSA) is 0 Å². The van der Waals surface area contributed by atoms with Crippen LogP contribution in [0.15, 0.2) is 12.2 Å². The first kappa shape index (κ1) is 14.3. The Morgan fingerprint density at radius 2 is 1.76 bits per heavy atom. The van der Waals surface area contributed by atoms with E-state index in [0.717, 1.165) is 29.6 Å². The number of rotatable bonds is 0. The van der Waals surface area contributed by atoms with E-state index in [1.54, 1.807) is 5.57 Å². The molecule has 0 amide bonds. The fraction of sp³-hybridized carbons (Fsp3) is 0.905. The highest BCUT2D eigenvalue weighted by atomic mass is 14.6. The zero-order chi connectivity index (χ0) is 14.8. The molecule has 4 fully saturated rings. The Hall–Kier alpha value is -0.260. The fourth-order valence-electron chi connectivity index (χ4n) is 7.63. The average molecular weight is 287 g/mol. The van der Waals surface area contributed by atoms with Gasteiger partial charge in [0.15, 0.2) is 0 Å². The quantitative estimate of drug-likeness (QED) is 0.464. The van der Waals surface area contributed by atoms with E-state index in [4.69, 9.17) is 0 Å². The van der Waals surface area contributed by atoms with Crippen molar-refractivity contribution in [2.75, 3.05) is 0 Å². The van der Waals surface area contributed by atoms with Crippen molar-refractivity contribution in [2.24, 2.45) is 40.4 Å². The van der Waals surface area contributed by atoms with Crippen LogP contribution in [-0.4, -0.2) is 0 Å². The van der Waals surface area contributed by atoms with Crippen molar-refractivity contribution in [3.8, 4) is 0 Å². The summed E-state index contributed by atoms with van der Waals surface area (Å²) >= 11 is 0. The second-order valence-corrected chi connectivity index (χ2v) is 9.59. The maximum atomic E-state index is 4.67. The van der Waals surface area contributed by atoms with Crippen LogP contribution in [0.25, 0.3) is 0 Å². The van der Waals surface area contributed by atoms with Crippen LogP contribution in [0, 0.1) is 40.4 Å². The van der Waals surface area contributed by atoms with Gasteiger partial charge in [-0.25, -0.2) is 0 Å². The standard InChI is InChI=1S/C21H34/c1-14-13-21(4)15(2)8-11-18(21)17-10-9-16-7-5-6-12-20(16,3)19(14)17/h15-19H,1,5-13H2,2-4H3. The molecule has 7 atom stereocenters. The third-order valence-electron chi connectivity index (χ3n) is 8.89. The Balaban J connectivity index is 1.71. The molecular weight excluding hydrogens is 252 g/mol. The van der Waals surface area contributed by atoms with Gasteiger partial charge in [-0.2, -0.15) is 0 Å². The summed E-state index contributed by atoms with van der Waals surface area (Å²) in [6.45, 7) is 12.4. The van der Waals surface area contributed by atoms with Crippen LogP contribution in [0.5, 0.6) is 0 Å². The Morgan fingerprint density at radius 3 is 2.57 bits per heavy atom. The summed E-state index contributed by atoms with van der Waals surface area (Å²) in [7, 11) is 0. The lowest BCUT2D eigenvalue weighted by molar-refractivity contribution is -0.0793. The Bertz CT molecular complexity index is 449. The molecule has 4 rings (SSSR count). The van der Waals surface area contributed by atoms with Gasteiger partial charge >= 0.3 is 0 Å². The monoisotopic (exact) mass is 286 g/mol. The summed E-state index contributed by atoms with van der Waals surface area (Å²) in [5.74, 6) is 4.76. The molecule has 0 radical (unpaired) electrons. The Morgan fingerprint density at radius 1 is 0.952 bits per heavy atom. The molecule has 0 heteroatoms. The zero-order valence-electron chi connectivity index (χ0n) is 14.5. The molecule has 21 heavy (non-hydrogen) atoms. The molecule has 0 aliphatic heterocycles. The van der Waals surface area contributed by atoms with E-state index in [-0.39, 0.29) is 0 Å². The summed E-state index contributed by atoms with van der Waals surface area (Å²) in [6.07, 6.45) is 13.3. The van der Waals surface area contributed by atoms with Crippen molar-refractivity contribution in [2.45, 2.75) is 78.6 Å². The minimum Gasteiger partial charge on any atom is -0.0995 e. The van der Waals surface area contributed by atoms with Crippen LogP contribution >= 0.6 is 0 Å². The second kappa shape index (κ2) is 4.62. The summed E-state index contributed by atoms with van der Waals surface area (Å²) < 4.78 is 0. The summed E-state index contributed by atoms with van der Waals surface area (Å²) in [4.78, 5) is 0. The average Bonchev–Trinajstić information content (AvgIpc) is 2.73. The van der Waals surface area contributed by atoms with E-state index in [9.17, 15) is 0 Å². The predicted molar refractivity (Wildman–Crippen MR) is 90.0 cm³/mol. The van der Waals surface area contributed by atoms with Crippen molar-refractivity contribution in [1.29, 1.82) is 0 Å². The van der Waals surface area contributed by atoms with E-state index < -0.39 is 0 Å². The maximum absolute atomic E-state index is 4.67. The third-order valence-corrected chi connectivity index (χ3v) is 8.89. The van der Waals surface area contributed by atoms with Crippen LogP contribution in [0.4, 0.5) is 0 Å². The molecule has 0 aromatic rings. The van der Waals surface area contributed by atoms with Crippen LogP contribution in [0.1, 0.15) is 78.6 Å². The Kier molecular flexibility index (Phi) is 3.15. The molecule has 0 bridgehead atoms. The molecule has 0 aromatic heterocycles. The highest BCUT2D eigenvalue weighted by Gasteiger charge is 2.59. The number of allylic oxidation sites excluding steroid dienone is 1. The van der Waals surface area contributed by atoms with E-state index in [1.807, 2.05) is 0 Å². The van der Waals surface area contributed by atoms with Gasteiger partial charge in [0.1, 0.15) is 0 Å². The fourth-order valence-corrected chi connectivity index (χ4v) is 7.63. The highest BCUT2D eigenvalue weighted by Crippen LogP contribution is 2.68. The lowest BCUT2D eigenvalue weighted by atomic mass is 9.44. The van der Waals surface area contributed by atoms with Crippen molar-refractivity contribution >= 4 is 0 Å². The molecule has 0 nitrogen and oxygen atoms in total. The molecule has 4 aliphatic rings. The molecule has 4 saturated carbocycles. The SMILES string of the molecule is C=C1CC2(C)C(C)CCC2C2CCC3CCCCC3(C)C12. The van der Waals surface area contributed by atoms with Crippen molar-refractivity contribution < 1.29 is 0 Å². The van der Waals surface area contributed by atoms with E-state index in [0.29, 0.717) is 10.8 Å². The zero-order valence-corrected chi connectivity index (χ0v) is 14.5. The predicted octanol–water partition coefficient (Wildman–Crippen LogP) is 6.22. The van der Waals surface area contributed by atoms with Gasteiger partial charge in [-0.1, -0.05) is 45.8 Å². The van der Waals surface area contributed by atoms with Gasteiger partial charge in [0, 0.05) is 0 Å². The second-order valence-electron chi connectivity index (χ2n) is 9.59. The smallest absolute Gasteiger partial charge is 0.0118 e. The van der Waals surface area contributed by atoms with Gasteiger partial charge < -0.3 is 0 Å². The van der Waals surface area contributed by atoms with Crippen molar-refractivity contribution in [3.05, 3.63) is 12.2 Å². The molecule has 0 saturated heterocycles. The van der Waals surface area contributed by atoms with Crippen LogP contribution in [0.3, 0.4) is 0 Å². The summed E-state index contributed by atoms with van der Waals surface area (Å²) in [5, 5.41) is 0. The molecule has 118 valence electrons. The highest BCUT2D eigenvalue weighted by molar-refractivity contribution is 5.22. The van der Waals surface area contributed by atoms with Crippen molar-refractivity contribution in [1.82, 2.24) is 0 Å². The molecular formula is C21H34. The van der Waals surface area contributed by atoms with E-state index >= 15 is 0 Å². The number of hydrogen-bond acceptors (Lipinski definition) is 0. The summed E-state index contributed by atoms with van der Waals surface area (Å²) in [5.41, 5.74) is 2.84. The van der Waals surface area contributed by atoms with Gasteiger partial charge in [-0.15, -0.1) is 0 Å². The van der Waals surface area contributed by atoms with Crippen LogP contribution < -0.4 is 0 Å². The molecule has 7 unspecified atom stereocenters.